The summed E-state index contributed by atoms with van der Waals surface area (Å²) in [4.78, 5) is 0. The minimum atomic E-state index is -2.87. The first kappa shape index (κ1) is 41.3. The number of fused-ring (bicyclic) bond motifs is 5. The second-order valence-corrected chi connectivity index (χ2v) is 26.0. The van der Waals surface area contributed by atoms with Crippen molar-refractivity contribution in [2.75, 3.05) is 0 Å². The monoisotopic (exact) mass is 877 g/mol. The Hall–Kier alpha value is -4.10. The molecule has 0 bridgehead atoms. The van der Waals surface area contributed by atoms with Crippen LogP contribution in [0.3, 0.4) is 0 Å². The molecule has 0 saturated carbocycles. The molecule has 2 atom stereocenters. The van der Waals surface area contributed by atoms with Crippen molar-refractivity contribution in [3.05, 3.63) is 172 Å². The van der Waals surface area contributed by atoms with Gasteiger partial charge in [0.25, 0.3) is 0 Å². The Morgan fingerprint density at radius 1 is 0.417 bits per heavy atom. The summed E-state index contributed by atoms with van der Waals surface area (Å²) in [5.74, 6) is 0. The van der Waals surface area contributed by atoms with Gasteiger partial charge < -0.3 is 0 Å². The summed E-state index contributed by atoms with van der Waals surface area (Å²) in [7, 11) is -0.619. The summed E-state index contributed by atoms with van der Waals surface area (Å²) in [6.45, 7) is 9.42. The standard InChI is InChI=1S/2C23H27.C12H9Si.Zr/c2*1-3-5-10-18-16-20-13-9-15-22(23(20)17-18)21-14-8-7-12-19(21)11-6-4-2;1-3-7-11-9(5-1)10-6-2-4-8-12(10)13-11;/h2*7-9,12-17H,3-6,10-11H2,1-2H3;1-7H,13H2;. The SMILES string of the molecule is CCCCC1=Cc2c(-c3ccccc3CCCC)cccc2[CH]1[Zr]([c]1cccc2c1[SiH2]c1ccccc1-2)[CH]1C(CCCC)=Cc2c(-c3ccccc3CCCC)cccc21. The summed E-state index contributed by atoms with van der Waals surface area (Å²) in [6.07, 6.45) is 20.0. The van der Waals surface area contributed by atoms with Crippen LogP contribution in [0.1, 0.15) is 133 Å². The first-order chi connectivity index (χ1) is 29.6. The molecule has 1 heterocycles. The second-order valence-electron chi connectivity index (χ2n) is 17.8. The molecule has 303 valence electrons. The van der Waals surface area contributed by atoms with Gasteiger partial charge in [0, 0.05) is 0 Å². The van der Waals surface area contributed by atoms with Gasteiger partial charge in [-0.1, -0.05) is 0 Å². The van der Waals surface area contributed by atoms with E-state index in [-0.39, 0.29) is 0 Å². The third kappa shape index (κ3) is 7.82. The molecule has 2 unspecified atom stereocenters. The molecule has 6 aromatic rings. The number of unbranched alkanes of at least 4 members (excludes halogenated alkanes) is 4. The summed E-state index contributed by atoms with van der Waals surface area (Å²) in [6, 6.07) is 50.6. The average molecular weight is 879 g/mol. The van der Waals surface area contributed by atoms with E-state index in [0.29, 0.717) is 7.25 Å². The van der Waals surface area contributed by atoms with Crippen LogP contribution < -0.4 is 13.6 Å². The zero-order chi connectivity index (χ0) is 41.0. The van der Waals surface area contributed by atoms with E-state index in [1.807, 2.05) is 3.27 Å². The molecule has 0 saturated heterocycles. The first-order valence-corrected chi connectivity index (χ1v) is 29.0. The molecule has 6 aromatic carbocycles. The van der Waals surface area contributed by atoms with Gasteiger partial charge in [0.2, 0.25) is 0 Å². The van der Waals surface area contributed by atoms with Crippen LogP contribution in [-0.2, 0) is 34.6 Å². The van der Waals surface area contributed by atoms with E-state index in [2.05, 4.69) is 167 Å². The maximum absolute atomic E-state index is 2.87. The Morgan fingerprint density at radius 3 is 1.38 bits per heavy atom. The van der Waals surface area contributed by atoms with Crippen molar-refractivity contribution < 1.29 is 21.8 Å². The molecule has 0 spiro atoms. The molecule has 0 N–H and O–H groups in total. The molecule has 0 nitrogen and oxygen atoms in total. The van der Waals surface area contributed by atoms with Gasteiger partial charge in [0.15, 0.2) is 0 Å². The van der Waals surface area contributed by atoms with Crippen molar-refractivity contribution in [2.24, 2.45) is 0 Å². The van der Waals surface area contributed by atoms with Crippen molar-refractivity contribution in [3.63, 3.8) is 0 Å². The van der Waals surface area contributed by atoms with E-state index in [9.17, 15) is 0 Å². The molecular formula is C58H63SiZr. The van der Waals surface area contributed by atoms with Crippen LogP contribution in [0.15, 0.2) is 139 Å². The second kappa shape index (κ2) is 18.9. The molecule has 0 fully saturated rings. The van der Waals surface area contributed by atoms with Crippen LogP contribution in [0.5, 0.6) is 0 Å². The van der Waals surface area contributed by atoms with Crippen LogP contribution in [-0.4, -0.2) is 9.52 Å². The van der Waals surface area contributed by atoms with Crippen LogP contribution >= 0.6 is 0 Å². The van der Waals surface area contributed by atoms with E-state index in [0.717, 1.165) is 12.8 Å². The number of benzene rings is 6. The number of hydrogen-bond donors (Lipinski definition) is 0. The van der Waals surface area contributed by atoms with Gasteiger partial charge in [-0.3, -0.25) is 0 Å². The summed E-state index contributed by atoms with van der Waals surface area (Å²) in [5, 5.41) is 3.42. The van der Waals surface area contributed by atoms with Crippen molar-refractivity contribution in [2.45, 2.75) is 112 Å². The van der Waals surface area contributed by atoms with Crippen LogP contribution in [0.2, 0.25) is 0 Å². The summed E-state index contributed by atoms with van der Waals surface area (Å²) >= 11 is -2.87. The van der Waals surface area contributed by atoms with Gasteiger partial charge in [-0.25, -0.2) is 0 Å². The maximum atomic E-state index is 2.74. The van der Waals surface area contributed by atoms with E-state index < -0.39 is 31.3 Å². The van der Waals surface area contributed by atoms with Gasteiger partial charge in [0.1, 0.15) is 0 Å². The number of rotatable bonds is 17. The molecule has 9 rings (SSSR count). The summed E-state index contributed by atoms with van der Waals surface area (Å²) in [5.41, 5.74) is 21.7. The van der Waals surface area contributed by atoms with E-state index in [4.69, 9.17) is 0 Å². The Kier molecular flexibility index (Phi) is 13.0. The normalized spacial score (nSPS) is 16.3. The minimum absolute atomic E-state index is 0.502. The fourth-order valence-corrected chi connectivity index (χ4v) is 25.0. The van der Waals surface area contributed by atoms with Crippen LogP contribution in [0.25, 0.3) is 45.5 Å². The Morgan fingerprint density at radius 2 is 0.850 bits per heavy atom. The van der Waals surface area contributed by atoms with Crippen molar-refractivity contribution in [1.29, 1.82) is 0 Å². The van der Waals surface area contributed by atoms with E-state index >= 15 is 0 Å². The quantitative estimate of drug-likeness (QED) is 0.0800. The molecular weight excluding hydrogens is 816 g/mol. The number of aryl methyl sites for hydroxylation is 2. The third-order valence-corrected chi connectivity index (χ3v) is 26.0. The fraction of sp³-hybridized carbons (Fsp3) is 0.310. The van der Waals surface area contributed by atoms with Gasteiger partial charge in [-0.2, -0.15) is 0 Å². The molecule has 0 aromatic heterocycles. The molecule has 3 aliphatic rings. The predicted molar refractivity (Wildman–Crippen MR) is 261 cm³/mol. The van der Waals surface area contributed by atoms with Gasteiger partial charge >= 0.3 is 374 Å². The van der Waals surface area contributed by atoms with Crippen LogP contribution in [0, 0.1) is 0 Å². The first-order valence-electron chi connectivity index (χ1n) is 23.6. The van der Waals surface area contributed by atoms with Crippen LogP contribution in [0.4, 0.5) is 0 Å². The molecule has 0 radical (unpaired) electrons. The molecule has 60 heavy (non-hydrogen) atoms. The topological polar surface area (TPSA) is 0 Å². The van der Waals surface area contributed by atoms with Crippen molar-refractivity contribution >= 4 is 35.3 Å². The Labute approximate surface area is 371 Å². The van der Waals surface area contributed by atoms with Crippen molar-refractivity contribution in [3.8, 4) is 33.4 Å². The fourth-order valence-electron chi connectivity index (χ4n) is 11.0. The van der Waals surface area contributed by atoms with Gasteiger partial charge in [-0.15, -0.1) is 0 Å². The van der Waals surface area contributed by atoms with Gasteiger partial charge in [-0.05, 0) is 0 Å². The zero-order valence-electron chi connectivity index (χ0n) is 36.6. The zero-order valence-corrected chi connectivity index (χ0v) is 40.5. The number of allylic oxidation sites excluding steroid dienone is 2. The third-order valence-electron chi connectivity index (χ3n) is 13.9. The average Bonchev–Trinajstić information content (AvgIpc) is 3.98. The Balaban J connectivity index is 1.28. The van der Waals surface area contributed by atoms with Gasteiger partial charge in [0.05, 0.1) is 0 Å². The molecule has 1 aliphatic heterocycles. The van der Waals surface area contributed by atoms with Crippen molar-refractivity contribution in [1.82, 2.24) is 0 Å². The van der Waals surface area contributed by atoms with E-state index in [1.54, 1.807) is 38.2 Å². The molecule has 2 heteroatoms. The number of hydrogen-bond acceptors (Lipinski definition) is 0. The molecule has 0 amide bonds. The Bertz CT molecular complexity index is 2420. The van der Waals surface area contributed by atoms with E-state index in [1.165, 1.54) is 114 Å². The molecule has 2 aliphatic carbocycles. The predicted octanol–water partition coefficient (Wildman–Crippen LogP) is 13.7. The summed E-state index contributed by atoms with van der Waals surface area (Å²) < 4.78 is 2.82.